The largest absolute Gasteiger partial charge is 0.372 e. The number of likely N-dealkylation sites (tertiary alicyclic amines) is 1. The van der Waals surface area contributed by atoms with Crippen LogP contribution in [-0.4, -0.2) is 34.8 Å². The van der Waals surface area contributed by atoms with Gasteiger partial charge in [-0.05, 0) is 28.4 Å². The summed E-state index contributed by atoms with van der Waals surface area (Å²) in [6.07, 6.45) is 4.23. The molecule has 1 fully saturated rings. The summed E-state index contributed by atoms with van der Waals surface area (Å²) in [7, 11) is 1.51. The first-order valence-electron chi connectivity index (χ1n) is 5.25. The Balaban J connectivity index is 2.09. The summed E-state index contributed by atoms with van der Waals surface area (Å²) in [5, 5.41) is 3.09. The minimum absolute atomic E-state index is 0.125. The van der Waals surface area contributed by atoms with E-state index >= 15 is 0 Å². The van der Waals surface area contributed by atoms with E-state index in [1.807, 2.05) is 6.07 Å². The molecule has 0 bridgehead atoms. The Hall–Kier alpha value is -1.43. The lowest BCUT2D eigenvalue weighted by atomic mass is 10.0. The normalized spacial score (nSPS) is 20.6. The molecule has 1 atom stereocenters. The van der Waals surface area contributed by atoms with Crippen LogP contribution in [0.3, 0.4) is 0 Å². The molecular formula is C11H12BrN3O2. The highest BCUT2D eigenvalue weighted by molar-refractivity contribution is 9.10. The van der Waals surface area contributed by atoms with Gasteiger partial charge >= 0.3 is 0 Å². The molecule has 1 aliphatic heterocycles. The summed E-state index contributed by atoms with van der Waals surface area (Å²) in [5.74, 6) is -0.318. The van der Waals surface area contributed by atoms with Crippen LogP contribution in [0.2, 0.25) is 0 Å². The van der Waals surface area contributed by atoms with Crippen molar-refractivity contribution in [3.05, 3.63) is 22.9 Å². The topological polar surface area (TPSA) is 62.3 Å². The van der Waals surface area contributed by atoms with Gasteiger partial charge in [0.15, 0.2) is 0 Å². The van der Waals surface area contributed by atoms with Crippen molar-refractivity contribution in [3.8, 4) is 0 Å². The molecule has 0 radical (unpaired) electrons. The number of carbonyl (C=O) groups is 2. The van der Waals surface area contributed by atoms with Crippen LogP contribution in [0.15, 0.2) is 22.9 Å². The second-order valence-electron chi connectivity index (χ2n) is 3.92. The molecule has 1 unspecified atom stereocenters. The molecule has 17 heavy (non-hydrogen) atoms. The SMILES string of the molecule is CN1C(=O)CCC(Nc2cncc(Br)c2)C1=O. The standard InChI is InChI=1S/C11H12BrN3O2/c1-15-10(16)3-2-9(11(15)17)14-8-4-7(12)5-13-6-8/h4-6,9,14H,2-3H2,1H3. The van der Waals surface area contributed by atoms with E-state index in [2.05, 4.69) is 26.2 Å². The van der Waals surface area contributed by atoms with E-state index < -0.39 is 0 Å². The van der Waals surface area contributed by atoms with Gasteiger partial charge in [-0.2, -0.15) is 0 Å². The van der Waals surface area contributed by atoms with E-state index in [0.717, 1.165) is 10.2 Å². The lowest BCUT2D eigenvalue weighted by molar-refractivity contribution is -0.146. The summed E-state index contributed by atoms with van der Waals surface area (Å²) in [4.78, 5) is 28.3. The molecule has 2 rings (SSSR count). The zero-order chi connectivity index (χ0) is 12.4. The number of amides is 2. The van der Waals surface area contributed by atoms with Gasteiger partial charge in [-0.15, -0.1) is 0 Å². The van der Waals surface area contributed by atoms with Gasteiger partial charge in [-0.1, -0.05) is 0 Å². The summed E-state index contributed by atoms with van der Waals surface area (Å²) in [6.45, 7) is 0. The molecule has 6 heteroatoms. The molecular weight excluding hydrogens is 286 g/mol. The maximum Gasteiger partial charge on any atom is 0.251 e. The first-order valence-corrected chi connectivity index (χ1v) is 6.04. The van der Waals surface area contributed by atoms with Crippen molar-refractivity contribution >= 4 is 33.4 Å². The average Bonchev–Trinajstić information content (AvgIpc) is 2.30. The molecule has 1 N–H and O–H groups in total. The number of pyridine rings is 1. The zero-order valence-electron chi connectivity index (χ0n) is 9.31. The van der Waals surface area contributed by atoms with Crippen LogP contribution in [0, 0.1) is 0 Å². The smallest absolute Gasteiger partial charge is 0.251 e. The number of rotatable bonds is 2. The van der Waals surface area contributed by atoms with Crippen molar-refractivity contribution in [3.63, 3.8) is 0 Å². The van der Waals surface area contributed by atoms with Gasteiger partial charge in [-0.25, -0.2) is 0 Å². The quantitative estimate of drug-likeness (QED) is 0.838. The first-order chi connectivity index (χ1) is 8.08. The van der Waals surface area contributed by atoms with E-state index in [4.69, 9.17) is 0 Å². The molecule has 90 valence electrons. The number of carbonyl (C=O) groups excluding carboxylic acids is 2. The number of imide groups is 1. The molecule has 1 aliphatic rings. The van der Waals surface area contributed by atoms with Gasteiger partial charge in [0.05, 0.1) is 11.9 Å². The van der Waals surface area contributed by atoms with Crippen LogP contribution < -0.4 is 5.32 Å². The molecule has 1 aromatic rings. The molecule has 0 saturated carbocycles. The van der Waals surface area contributed by atoms with Crippen molar-refractivity contribution in [2.75, 3.05) is 12.4 Å². The fraction of sp³-hybridized carbons (Fsp3) is 0.364. The maximum absolute atomic E-state index is 11.8. The second-order valence-corrected chi connectivity index (χ2v) is 4.83. The third-order valence-electron chi connectivity index (χ3n) is 2.70. The highest BCUT2D eigenvalue weighted by Crippen LogP contribution is 2.19. The molecule has 5 nitrogen and oxygen atoms in total. The van der Waals surface area contributed by atoms with Crippen LogP contribution in [-0.2, 0) is 9.59 Å². The number of aromatic nitrogens is 1. The molecule has 1 aromatic heterocycles. The molecule has 2 heterocycles. The van der Waals surface area contributed by atoms with Gasteiger partial charge in [0.2, 0.25) is 5.91 Å². The Morgan fingerprint density at radius 3 is 2.94 bits per heavy atom. The van der Waals surface area contributed by atoms with Crippen LogP contribution >= 0.6 is 15.9 Å². The third-order valence-corrected chi connectivity index (χ3v) is 3.13. The number of anilines is 1. The van der Waals surface area contributed by atoms with Gasteiger partial charge in [0, 0.05) is 24.1 Å². The number of nitrogens with zero attached hydrogens (tertiary/aromatic N) is 2. The molecule has 0 aliphatic carbocycles. The van der Waals surface area contributed by atoms with Crippen LogP contribution in [0.4, 0.5) is 5.69 Å². The van der Waals surface area contributed by atoms with Gasteiger partial charge in [-0.3, -0.25) is 19.5 Å². The fourth-order valence-electron chi connectivity index (χ4n) is 1.74. The predicted octanol–water partition coefficient (Wildman–Crippen LogP) is 1.40. The van der Waals surface area contributed by atoms with Crippen molar-refractivity contribution < 1.29 is 9.59 Å². The third kappa shape index (κ3) is 2.63. The lowest BCUT2D eigenvalue weighted by Crippen LogP contribution is -2.48. The van der Waals surface area contributed by atoms with E-state index in [1.165, 1.54) is 11.9 Å². The van der Waals surface area contributed by atoms with Gasteiger partial charge in [0.1, 0.15) is 6.04 Å². The predicted molar refractivity (Wildman–Crippen MR) is 66.4 cm³/mol. The number of piperidine rings is 1. The summed E-state index contributed by atoms with van der Waals surface area (Å²) < 4.78 is 0.843. The summed E-state index contributed by atoms with van der Waals surface area (Å²) in [6, 6.07) is 1.49. The monoisotopic (exact) mass is 297 g/mol. The molecule has 0 spiro atoms. The number of halogens is 1. The van der Waals surface area contributed by atoms with Gasteiger partial charge in [0.25, 0.3) is 5.91 Å². The minimum atomic E-state index is -0.353. The Labute approximate surface area is 107 Å². The Bertz CT molecular complexity index is 464. The first kappa shape index (κ1) is 12.0. The molecule has 0 aromatic carbocycles. The van der Waals surface area contributed by atoms with Crippen molar-refractivity contribution in [2.45, 2.75) is 18.9 Å². The van der Waals surface area contributed by atoms with Crippen LogP contribution in [0.5, 0.6) is 0 Å². The summed E-state index contributed by atoms with van der Waals surface area (Å²) >= 11 is 3.31. The Morgan fingerprint density at radius 2 is 2.24 bits per heavy atom. The molecule has 1 saturated heterocycles. The maximum atomic E-state index is 11.8. The van der Waals surface area contributed by atoms with E-state index in [0.29, 0.717) is 12.8 Å². The number of likely N-dealkylation sites (N-methyl/N-ethyl adjacent to an activating group) is 1. The van der Waals surface area contributed by atoms with Crippen LogP contribution in [0.25, 0.3) is 0 Å². The van der Waals surface area contributed by atoms with E-state index in [9.17, 15) is 9.59 Å². The van der Waals surface area contributed by atoms with Crippen molar-refractivity contribution in [1.29, 1.82) is 0 Å². The van der Waals surface area contributed by atoms with Gasteiger partial charge < -0.3 is 5.32 Å². The average molecular weight is 298 g/mol. The van der Waals surface area contributed by atoms with E-state index in [1.54, 1.807) is 12.4 Å². The minimum Gasteiger partial charge on any atom is -0.372 e. The summed E-state index contributed by atoms with van der Waals surface area (Å²) in [5.41, 5.74) is 0.764. The second kappa shape index (κ2) is 4.83. The fourth-order valence-corrected chi connectivity index (χ4v) is 2.11. The Morgan fingerprint density at radius 1 is 1.47 bits per heavy atom. The Kier molecular flexibility index (Phi) is 3.42. The van der Waals surface area contributed by atoms with Crippen molar-refractivity contribution in [2.24, 2.45) is 0 Å². The number of hydrogen-bond donors (Lipinski definition) is 1. The number of nitrogens with one attached hydrogen (secondary N) is 1. The van der Waals surface area contributed by atoms with E-state index in [-0.39, 0.29) is 17.9 Å². The highest BCUT2D eigenvalue weighted by atomic mass is 79.9. The van der Waals surface area contributed by atoms with Crippen LogP contribution in [0.1, 0.15) is 12.8 Å². The number of hydrogen-bond acceptors (Lipinski definition) is 4. The van der Waals surface area contributed by atoms with Crippen molar-refractivity contribution in [1.82, 2.24) is 9.88 Å². The zero-order valence-corrected chi connectivity index (χ0v) is 10.9. The lowest BCUT2D eigenvalue weighted by Gasteiger charge is -2.28. The molecule has 2 amide bonds. The highest BCUT2D eigenvalue weighted by Gasteiger charge is 2.31.